The van der Waals surface area contributed by atoms with Gasteiger partial charge in [0.15, 0.2) is 0 Å². The van der Waals surface area contributed by atoms with Crippen LogP contribution in [0.4, 0.5) is 0 Å². The van der Waals surface area contributed by atoms with Crippen molar-refractivity contribution in [2.75, 3.05) is 0 Å². The van der Waals surface area contributed by atoms with Gasteiger partial charge in [-0.15, -0.1) is 0 Å². The highest BCUT2D eigenvalue weighted by molar-refractivity contribution is 9.10. The molecule has 3 heteroatoms. The van der Waals surface area contributed by atoms with Crippen molar-refractivity contribution in [3.8, 4) is 6.07 Å². The molecule has 3 rings (SSSR count). The van der Waals surface area contributed by atoms with E-state index in [-0.39, 0.29) is 0 Å². The molecule has 0 fully saturated rings. The van der Waals surface area contributed by atoms with Crippen LogP contribution in [0.1, 0.15) is 16.8 Å². The van der Waals surface area contributed by atoms with Crippen molar-refractivity contribution in [1.82, 2.24) is 4.98 Å². The maximum absolute atomic E-state index is 9.63. The van der Waals surface area contributed by atoms with Gasteiger partial charge in [-0.1, -0.05) is 40.2 Å². The lowest BCUT2D eigenvalue weighted by atomic mass is 9.82. The molecule has 0 saturated carbocycles. The van der Waals surface area contributed by atoms with Crippen molar-refractivity contribution in [3.05, 3.63) is 63.9 Å². The molecular weight excluding hydrogens is 288 g/mol. The number of pyridine rings is 1. The average Bonchev–Trinajstić information content (AvgIpc) is 2.78. The first kappa shape index (κ1) is 11.4. The van der Waals surface area contributed by atoms with Crippen LogP contribution >= 0.6 is 15.9 Å². The smallest absolute Gasteiger partial charge is 0.107 e. The second-order valence-corrected chi connectivity index (χ2v) is 5.59. The molecule has 1 heterocycles. The molecule has 0 bridgehead atoms. The molecule has 0 atom stereocenters. The van der Waals surface area contributed by atoms with Crippen LogP contribution in [0.3, 0.4) is 0 Å². The Morgan fingerprint density at radius 2 is 1.83 bits per heavy atom. The van der Waals surface area contributed by atoms with Gasteiger partial charge in [0, 0.05) is 10.7 Å². The van der Waals surface area contributed by atoms with E-state index >= 15 is 0 Å². The number of halogens is 1. The molecule has 1 aromatic heterocycles. The Morgan fingerprint density at radius 3 is 2.39 bits per heavy atom. The van der Waals surface area contributed by atoms with Crippen LogP contribution in [-0.2, 0) is 18.3 Å². The third-order valence-corrected chi connectivity index (χ3v) is 4.02. The molecular formula is C15H11BrN2. The average molecular weight is 299 g/mol. The first-order valence-electron chi connectivity index (χ1n) is 5.84. The van der Waals surface area contributed by atoms with Gasteiger partial charge >= 0.3 is 0 Å². The van der Waals surface area contributed by atoms with Crippen LogP contribution in [0.15, 0.2) is 47.1 Å². The molecule has 1 aliphatic rings. The van der Waals surface area contributed by atoms with E-state index in [4.69, 9.17) is 0 Å². The summed E-state index contributed by atoms with van der Waals surface area (Å²) in [6.45, 7) is 0. The summed E-state index contributed by atoms with van der Waals surface area (Å²) in [5.41, 5.74) is 2.88. The normalized spacial score (nSPS) is 16.0. The van der Waals surface area contributed by atoms with Crippen LogP contribution in [0.25, 0.3) is 0 Å². The Balaban J connectivity index is 2.08. The molecule has 1 aliphatic carbocycles. The molecule has 1 aromatic carbocycles. The Bertz CT molecular complexity index is 618. The SMILES string of the molecule is N#CC1(c2cc(Br)ccn2)Cc2ccccc2C1. The summed E-state index contributed by atoms with van der Waals surface area (Å²) in [5.74, 6) is 0. The van der Waals surface area contributed by atoms with Gasteiger partial charge in [-0.05, 0) is 36.1 Å². The molecule has 0 saturated heterocycles. The Labute approximate surface area is 114 Å². The van der Waals surface area contributed by atoms with Crippen LogP contribution in [0.2, 0.25) is 0 Å². The van der Waals surface area contributed by atoms with Crippen molar-refractivity contribution in [2.24, 2.45) is 0 Å². The zero-order valence-corrected chi connectivity index (χ0v) is 11.3. The highest BCUT2D eigenvalue weighted by Crippen LogP contribution is 2.38. The van der Waals surface area contributed by atoms with Gasteiger partial charge in [0.05, 0.1) is 11.8 Å². The van der Waals surface area contributed by atoms with E-state index < -0.39 is 5.41 Å². The molecule has 0 amide bonds. The molecule has 0 spiro atoms. The van der Waals surface area contributed by atoms with Gasteiger partial charge in [-0.25, -0.2) is 0 Å². The Morgan fingerprint density at radius 1 is 1.17 bits per heavy atom. The predicted octanol–water partition coefficient (Wildman–Crippen LogP) is 3.40. The molecule has 0 aliphatic heterocycles. The fourth-order valence-corrected chi connectivity index (χ4v) is 2.93. The summed E-state index contributed by atoms with van der Waals surface area (Å²) >= 11 is 3.45. The van der Waals surface area contributed by atoms with E-state index in [1.54, 1.807) is 6.20 Å². The van der Waals surface area contributed by atoms with Crippen LogP contribution < -0.4 is 0 Å². The molecule has 0 unspecified atom stereocenters. The Hall–Kier alpha value is -1.66. The number of rotatable bonds is 1. The molecule has 88 valence electrons. The highest BCUT2D eigenvalue weighted by Gasteiger charge is 2.40. The summed E-state index contributed by atoms with van der Waals surface area (Å²) in [6, 6.07) is 14.6. The molecule has 2 aromatic rings. The Kier molecular flexibility index (Phi) is 2.68. The van der Waals surface area contributed by atoms with Gasteiger partial charge < -0.3 is 0 Å². The third-order valence-electron chi connectivity index (χ3n) is 3.53. The second-order valence-electron chi connectivity index (χ2n) is 4.68. The van der Waals surface area contributed by atoms with Gasteiger partial charge in [0.1, 0.15) is 5.41 Å². The quantitative estimate of drug-likeness (QED) is 0.809. The number of hydrogen-bond donors (Lipinski definition) is 0. The zero-order valence-electron chi connectivity index (χ0n) is 9.73. The topological polar surface area (TPSA) is 36.7 Å². The fraction of sp³-hybridized carbons (Fsp3) is 0.200. The fourth-order valence-electron chi connectivity index (χ4n) is 2.60. The minimum atomic E-state index is -0.506. The van der Waals surface area contributed by atoms with E-state index in [0.29, 0.717) is 0 Å². The minimum Gasteiger partial charge on any atom is -0.260 e. The van der Waals surface area contributed by atoms with Crippen molar-refractivity contribution in [2.45, 2.75) is 18.3 Å². The monoisotopic (exact) mass is 298 g/mol. The van der Waals surface area contributed by atoms with E-state index in [9.17, 15) is 5.26 Å². The number of hydrogen-bond acceptors (Lipinski definition) is 2. The van der Waals surface area contributed by atoms with Gasteiger partial charge in [-0.2, -0.15) is 5.26 Å². The lowest BCUT2D eigenvalue weighted by Crippen LogP contribution is -2.26. The summed E-state index contributed by atoms with van der Waals surface area (Å²) in [4.78, 5) is 4.40. The molecule has 18 heavy (non-hydrogen) atoms. The first-order chi connectivity index (χ1) is 8.73. The summed E-state index contributed by atoms with van der Waals surface area (Å²) in [7, 11) is 0. The van der Waals surface area contributed by atoms with Crippen LogP contribution in [0.5, 0.6) is 0 Å². The third kappa shape index (κ3) is 1.74. The van der Waals surface area contributed by atoms with E-state index in [0.717, 1.165) is 23.0 Å². The predicted molar refractivity (Wildman–Crippen MR) is 73.1 cm³/mol. The number of nitrogens with zero attached hydrogens (tertiary/aromatic N) is 2. The van der Waals surface area contributed by atoms with Crippen molar-refractivity contribution < 1.29 is 0 Å². The van der Waals surface area contributed by atoms with E-state index in [2.05, 4.69) is 39.1 Å². The first-order valence-corrected chi connectivity index (χ1v) is 6.63. The molecule has 0 radical (unpaired) electrons. The summed E-state index contributed by atoms with van der Waals surface area (Å²) in [5, 5.41) is 9.63. The lowest BCUT2D eigenvalue weighted by Gasteiger charge is -2.19. The van der Waals surface area contributed by atoms with Crippen molar-refractivity contribution in [1.29, 1.82) is 5.26 Å². The standard InChI is InChI=1S/C15H11BrN2/c16-13-5-6-18-14(7-13)15(10-17)8-11-3-1-2-4-12(11)9-15/h1-7H,8-9H2. The van der Waals surface area contributed by atoms with Crippen LogP contribution in [-0.4, -0.2) is 4.98 Å². The largest absolute Gasteiger partial charge is 0.260 e. The maximum atomic E-state index is 9.63. The van der Waals surface area contributed by atoms with E-state index in [1.165, 1.54) is 11.1 Å². The second kappa shape index (κ2) is 4.22. The van der Waals surface area contributed by atoms with Gasteiger partial charge in [0.2, 0.25) is 0 Å². The molecule has 0 N–H and O–H groups in total. The van der Waals surface area contributed by atoms with Crippen LogP contribution in [0, 0.1) is 11.3 Å². The van der Waals surface area contributed by atoms with Crippen molar-refractivity contribution >= 4 is 15.9 Å². The van der Waals surface area contributed by atoms with Crippen molar-refractivity contribution in [3.63, 3.8) is 0 Å². The molecule has 2 nitrogen and oxygen atoms in total. The van der Waals surface area contributed by atoms with Gasteiger partial charge in [-0.3, -0.25) is 4.98 Å². The highest BCUT2D eigenvalue weighted by atomic mass is 79.9. The maximum Gasteiger partial charge on any atom is 0.107 e. The zero-order chi connectivity index (χ0) is 12.6. The summed E-state index contributed by atoms with van der Waals surface area (Å²) < 4.78 is 0.970. The minimum absolute atomic E-state index is 0.506. The van der Waals surface area contributed by atoms with E-state index in [1.807, 2.05) is 24.3 Å². The van der Waals surface area contributed by atoms with Gasteiger partial charge in [0.25, 0.3) is 0 Å². The number of nitriles is 1. The number of fused-ring (bicyclic) bond motifs is 1. The number of benzene rings is 1. The number of aromatic nitrogens is 1. The lowest BCUT2D eigenvalue weighted by molar-refractivity contribution is 0.567. The summed E-state index contributed by atoms with van der Waals surface area (Å²) in [6.07, 6.45) is 3.26.